The summed E-state index contributed by atoms with van der Waals surface area (Å²) in [4.78, 5) is 28.0. The fourth-order valence-corrected chi connectivity index (χ4v) is 3.12. The maximum atomic E-state index is 12.3. The fourth-order valence-electron chi connectivity index (χ4n) is 2.82. The Kier molecular flexibility index (Phi) is 6.90. The van der Waals surface area contributed by atoms with Gasteiger partial charge in [0, 0.05) is 19.3 Å². The molecule has 2 amide bonds. The summed E-state index contributed by atoms with van der Waals surface area (Å²) in [6.45, 7) is 4.45. The topological polar surface area (TPSA) is 52.7 Å². The Morgan fingerprint density at radius 1 is 1.33 bits per heavy atom. The summed E-state index contributed by atoms with van der Waals surface area (Å²) in [6.07, 6.45) is 2.34. The lowest BCUT2D eigenvalue weighted by Gasteiger charge is -2.31. The molecular weight excluding hydrogens is 349 g/mol. The maximum Gasteiger partial charge on any atom is 0.243 e. The second kappa shape index (κ2) is 8.70. The number of piperidine rings is 1. The molecule has 1 aliphatic rings. The first-order valence-corrected chi connectivity index (χ1v) is 8.82. The van der Waals surface area contributed by atoms with E-state index < -0.39 is 0 Å². The molecule has 0 aromatic heterocycles. The Morgan fingerprint density at radius 2 is 2.08 bits per heavy atom. The van der Waals surface area contributed by atoms with E-state index in [9.17, 15) is 9.59 Å². The van der Waals surface area contributed by atoms with Gasteiger partial charge in [0.2, 0.25) is 11.8 Å². The van der Waals surface area contributed by atoms with Crippen LogP contribution in [0.1, 0.15) is 19.8 Å². The van der Waals surface area contributed by atoms with Crippen molar-refractivity contribution in [3.63, 3.8) is 0 Å². The zero-order valence-electron chi connectivity index (χ0n) is 14.0. The van der Waals surface area contributed by atoms with Gasteiger partial charge in [0.05, 0.1) is 23.1 Å². The van der Waals surface area contributed by atoms with Crippen molar-refractivity contribution in [1.29, 1.82) is 0 Å². The number of nitrogens with one attached hydrogen (secondary N) is 1. The van der Waals surface area contributed by atoms with Crippen LogP contribution in [0, 0.1) is 5.92 Å². The van der Waals surface area contributed by atoms with E-state index in [0.29, 0.717) is 28.2 Å². The third-order valence-corrected chi connectivity index (χ3v) is 4.85. The van der Waals surface area contributed by atoms with Crippen molar-refractivity contribution in [2.45, 2.75) is 19.8 Å². The van der Waals surface area contributed by atoms with Crippen LogP contribution in [0.15, 0.2) is 18.2 Å². The van der Waals surface area contributed by atoms with E-state index >= 15 is 0 Å². The summed E-state index contributed by atoms with van der Waals surface area (Å²) in [7, 11) is 1.64. The Balaban J connectivity index is 1.81. The predicted molar refractivity (Wildman–Crippen MR) is 97.6 cm³/mol. The van der Waals surface area contributed by atoms with Crippen molar-refractivity contribution in [3.05, 3.63) is 28.2 Å². The third-order valence-electron chi connectivity index (χ3n) is 4.11. The van der Waals surface area contributed by atoms with E-state index in [2.05, 4.69) is 17.1 Å². The smallest absolute Gasteiger partial charge is 0.243 e. The number of carbonyl (C=O) groups is 2. The SMILES string of the molecule is C[C@@H]1CCCN(CC(=O)N(C)CC(=O)Nc2ccc(Cl)c(Cl)c2)C1. The van der Waals surface area contributed by atoms with Crippen LogP contribution in [0.25, 0.3) is 0 Å². The number of halogens is 2. The molecule has 0 aliphatic carbocycles. The van der Waals surface area contributed by atoms with Crippen molar-refractivity contribution < 1.29 is 9.59 Å². The summed E-state index contributed by atoms with van der Waals surface area (Å²) < 4.78 is 0. The molecule has 7 heteroatoms. The largest absolute Gasteiger partial charge is 0.335 e. The number of likely N-dealkylation sites (tertiary alicyclic amines) is 1. The molecule has 2 rings (SSSR count). The van der Waals surface area contributed by atoms with Gasteiger partial charge in [0.15, 0.2) is 0 Å². The van der Waals surface area contributed by atoms with Gasteiger partial charge in [-0.3, -0.25) is 14.5 Å². The minimum Gasteiger partial charge on any atom is -0.335 e. The third kappa shape index (κ3) is 5.65. The van der Waals surface area contributed by atoms with Crippen LogP contribution in [0.5, 0.6) is 0 Å². The van der Waals surface area contributed by atoms with Gasteiger partial charge in [-0.2, -0.15) is 0 Å². The molecule has 24 heavy (non-hydrogen) atoms. The van der Waals surface area contributed by atoms with Crippen LogP contribution in [-0.4, -0.2) is 54.8 Å². The van der Waals surface area contributed by atoms with Crippen molar-refractivity contribution in [2.24, 2.45) is 5.92 Å². The highest BCUT2D eigenvalue weighted by atomic mass is 35.5. The molecule has 1 aromatic rings. The molecular formula is C17H23Cl2N3O2. The minimum atomic E-state index is -0.267. The predicted octanol–water partition coefficient (Wildman–Crippen LogP) is 3.12. The van der Waals surface area contributed by atoms with Gasteiger partial charge in [0.1, 0.15) is 0 Å². The zero-order chi connectivity index (χ0) is 17.7. The normalized spacial score (nSPS) is 18.2. The van der Waals surface area contributed by atoms with Crippen molar-refractivity contribution in [1.82, 2.24) is 9.80 Å². The first-order valence-electron chi connectivity index (χ1n) is 8.06. The van der Waals surface area contributed by atoms with Crippen LogP contribution in [0.3, 0.4) is 0 Å². The van der Waals surface area contributed by atoms with Gasteiger partial charge < -0.3 is 10.2 Å². The van der Waals surface area contributed by atoms with Crippen molar-refractivity contribution in [2.75, 3.05) is 38.5 Å². The van der Waals surface area contributed by atoms with E-state index in [0.717, 1.165) is 19.5 Å². The van der Waals surface area contributed by atoms with Crippen LogP contribution >= 0.6 is 23.2 Å². The molecule has 0 spiro atoms. The van der Waals surface area contributed by atoms with E-state index in [1.54, 1.807) is 25.2 Å². The maximum absolute atomic E-state index is 12.3. The van der Waals surface area contributed by atoms with Crippen LogP contribution in [0.2, 0.25) is 10.0 Å². The molecule has 5 nitrogen and oxygen atoms in total. The van der Waals surface area contributed by atoms with Gasteiger partial charge in [-0.25, -0.2) is 0 Å². The van der Waals surface area contributed by atoms with E-state index in [4.69, 9.17) is 23.2 Å². The molecule has 1 atom stereocenters. The van der Waals surface area contributed by atoms with E-state index in [1.165, 1.54) is 11.3 Å². The van der Waals surface area contributed by atoms with Crippen LogP contribution < -0.4 is 5.32 Å². The number of anilines is 1. The Bertz CT molecular complexity index is 609. The lowest BCUT2D eigenvalue weighted by Crippen LogP contribution is -2.44. The quantitative estimate of drug-likeness (QED) is 0.864. The standard InChI is InChI=1S/C17H23Cl2N3O2/c1-12-4-3-7-22(9-12)11-17(24)21(2)10-16(23)20-13-5-6-14(18)15(19)8-13/h5-6,8,12H,3-4,7,9-11H2,1-2H3,(H,20,23)/t12-/m1/s1. The summed E-state index contributed by atoms with van der Waals surface area (Å²) in [6, 6.07) is 4.87. The number of benzene rings is 1. The zero-order valence-corrected chi connectivity index (χ0v) is 15.5. The van der Waals surface area contributed by atoms with Gasteiger partial charge in [-0.1, -0.05) is 30.1 Å². The highest BCUT2D eigenvalue weighted by molar-refractivity contribution is 6.42. The molecule has 1 heterocycles. The minimum absolute atomic E-state index is 0.00245. The number of likely N-dealkylation sites (N-methyl/N-ethyl adjacent to an activating group) is 1. The number of hydrogen-bond acceptors (Lipinski definition) is 3. The molecule has 132 valence electrons. The Morgan fingerprint density at radius 3 is 2.75 bits per heavy atom. The monoisotopic (exact) mass is 371 g/mol. The lowest BCUT2D eigenvalue weighted by molar-refractivity contribution is -0.134. The van der Waals surface area contributed by atoms with Crippen molar-refractivity contribution >= 4 is 40.7 Å². The van der Waals surface area contributed by atoms with Crippen molar-refractivity contribution in [3.8, 4) is 0 Å². The fraction of sp³-hybridized carbons (Fsp3) is 0.529. The van der Waals surface area contributed by atoms with Crippen LogP contribution in [-0.2, 0) is 9.59 Å². The summed E-state index contributed by atoms with van der Waals surface area (Å²) in [5.74, 6) is 0.305. The molecule has 0 radical (unpaired) electrons. The Labute approximate surface area is 152 Å². The number of nitrogens with zero attached hydrogens (tertiary/aromatic N) is 2. The molecule has 1 aliphatic heterocycles. The second-order valence-electron chi connectivity index (χ2n) is 6.41. The molecule has 0 saturated carbocycles. The molecule has 1 N–H and O–H groups in total. The Hall–Kier alpha value is -1.30. The van der Waals surface area contributed by atoms with E-state index in [-0.39, 0.29) is 18.4 Å². The summed E-state index contributed by atoms with van der Waals surface area (Å²) in [5.41, 5.74) is 0.556. The molecule has 0 unspecified atom stereocenters. The van der Waals surface area contributed by atoms with E-state index in [1.807, 2.05) is 0 Å². The number of amides is 2. The first kappa shape index (κ1) is 19.0. The number of rotatable bonds is 5. The second-order valence-corrected chi connectivity index (χ2v) is 7.22. The molecule has 1 saturated heterocycles. The summed E-state index contributed by atoms with van der Waals surface area (Å²) >= 11 is 11.8. The summed E-state index contributed by atoms with van der Waals surface area (Å²) in [5, 5.41) is 3.52. The number of hydrogen-bond donors (Lipinski definition) is 1. The highest BCUT2D eigenvalue weighted by Gasteiger charge is 2.21. The van der Waals surface area contributed by atoms with Gasteiger partial charge >= 0.3 is 0 Å². The van der Waals surface area contributed by atoms with Gasteiger partial charge in [-0.15, -0.1) is 0 Å². The van der Waals surface area contributed by atoms with Gasteiger partial charge in [0.25, 0.3) is 0 Å². The lowest BCUT2D eigenvalue weighted by atomic mass is 10.0. The average Bonchev–Trinajstić information content (AvgIpc) is 2.50. The molecule has 0 bridgehead atoms. The highest BCUT2D eigenvalue weighted by Crippen LogP contribution is 2.24. The number of carbonyl (C=O) groups excluding carboxylic acids is 2. The first-order chi connectivity index (χ1) is 11.3. The average molecular weight is 372 g/mol. The van der Waals surface area contributed by atoms with Crippen LogP contribution in [0.4, 0.5) is 5.69 Å². The van der Waals surface area contributed by atoms with Gasteiger partial charge in [-0.05, 0) is 43.5 Å². The molecule has 1 fully saturated rings. The molecule has 1 aromatic carbocycles.